The van der Waals surface area contributed by atoms with Crippen LogP contribution in [0.3, 0.4) is 0 Å². The highest BCUT2D eigenvalue weighted by molar-refractivity contribution is 9.10. The van der Waals surface area contributed by atoms with E-state index in [1.165, 1.54) is 5.56 Å². The molecular formula is C17H16BrNO2. The smallest absolute Gasteiger partial charge is 0.264 e. The maximum Gasteiger partial charge on any atom is 0.264 e. The zero-order valence-corrected chi connectivity index (χ0v) is 13.2. The fourth-order valence-electron chi connectivity index (χ4n) is 2.57. The molecule has 108 valence electrons. The first-order valence-corrected chi connectivity index (χ1v) is 7.80. The maximum absolute atomic E-state index is 12.4. The molecule has 0 N–H and O–H groups in total. The molecule has 1 aliphatic heterocycles. The normalized spacial score (nSPS) is 13.7. The van der Waals surface area contributed by atoms with Gasteiger partial charge in [0.05, 0.1) is 0 Å². The van der Waals surface area contributed by atoms with E-state index in [4.69, 9.17) is 4.74 Å². The van der Waals surface area contributed by atoms with Crippen LogP contribution >= 0.6 is 15.9 Å². The summed E-state index contributed by atoms with van der Waals surface area (Å²) in [6, 6.07) is 15.6. The number of nitrogens with zero attached hydrogens (tertiary/aromatic N) is 1. The van der Waals surface area contributed by atoms with Crippen LogP contribution in [0.15, 0.2) is 53.0 Å². The van der Waals surface area contributed by atoms with E-state index in [1.54, 1.807) is 0 Å². The minimum Gasteiger partial charge on any atom is -0.484 e. The van der Waals surface area contributed by atoms with Crippen LogP contribution in [0.1, 0.15) is 12.0 Å². The van der Waals surface area contributed by atoms with E-state index in [2.05, 4.69) is 22.0 Å². The van der Waals surface area contributed by atoms with E-state index >= 15 is 0 Å². The lowest BCUT2D eigenvalue weighted by atomic mass is 10.0. The van der Waals surface area contributed by atoms with Gasteiger partial charge in [0.15, 0.2) is 6.61 Å². The van der Waals surface area contributed by atoms with Crippen LogP contribution in [0.25, 0.3) is 0 Å². The third kappa shape index (κ3) is 3.27. The van der Waals surface area contributed by atoms with Crippen molar-refractivity contribution in [3.05, 3.63) is 58.6 Å². The Morgan fingerprint density at radius 2 is 2.05 bits per heavy atom. The van der Waals surface area contributed by atoms with Crippen LogP contribution in [0.5, 0.6) is 5.75 Å². The summed E-state index contributed by atoms with van der Waals surface area (Å²) in [7, 11) is 0. The Kier molecular flexibility index (Phi) is 4.25. The molecule has 0 fully saturated rings. The van der Waals surface area contributed by atoms with Crippen molar-refractivity contribution < 1.29 is 9.53 Å². The number of amides is 1. The number of halogens is 1. The summed E-state index contributed by atoms with van der Waals surface area (Å²) < 4.78 is 6.54. The Balaban J connectivity index is 1.69. The first kappa shape index (κ1) is 14.1. The van der Waals surface area contributed by atoms with Crippen LogP contribution in [0.2, 0.25) is 0 Å². The Labute approximate surface area is 132 Å². The Hall–Kier alpha value is -1.81. The lowest BCUT2D eigenvalue weighted by molar-refractivity contribution is -0.120. The number of carbonyl (C=O) groups is 1. The van der Waals surface area contributed by atoms with Gasteiger partial charge in [-0.25, -0.2) is 0 Å². The van der Waals surface area contributed by atoms with Crippen molar-refractivity contribution >= 4 is 27.5 Å². The van der Waals surface area contributed by atoms with Crippen molar-refractivity contribution in [1.82, 2.24) is 0 Å². The highest BCUT2D eigenvalue weighted by atomic mass is 79.9. The van der Waals surface area contributed by atoms with Crippen molar-refractivity contribution in [2.75, 3.05) is 18.1 Å². The third-order valence-electron chi connectivity index (χ3n) is 3.57. The molecule has 0 bridgehead atoms. The van der Waals surface area contributed by atoms with Crippen molar-refractivity contribution in [3.63, 3.8) is 0 Å². The molecule has 0 saturated carbocycles. The first-order valence-electron chi connectivity index (χ1n) is 7.01. The molecule has 0 aromatic heterocycles. The minimum atomic E-state index is 0.00197. The third-order valence-corrected chi connectivity index (χ3v) is 4.06. The summed E-state index contributed by atoms with van der Waals surface area (Å²) in [5.74, 6) is 0.699. The van der Waals surface area contributed by atoms with Gasteiger partial charge >= 0.3 is 0 Å². The van der Waals surface area contributed by atoms with Crippen molar-refractivity contribution in [2.24, 2.45) is 0 Å². The molecule has 2 aromatic carbocycles. The molecule has 2 aromatic rings. The Morgan fingerprint density at radius 1 is 1.19 bits per heavy atom. The maximum atomic E-state index is 12.4. The van der Waals surface area contributed by atoms with E-state index in [1.807, 2.05) is 47.4 Å². The van der Waals surface area contributed by atoms with Gasteiger partial charge in [0.25, 0.3) is 5.91 Å². The summed E-state index contributed by atoms with van der Waals surface area (Å²) in [5, 5.41) is 0. The molecule has 0 spiro atoms. The molecule has 1 heterocycles. The molecule has 1 aliphatic rings. The fourth-order valence-corrected chi connectivity index (χ4v) is 2.95. The van der Waals surface area contributed by atoms with Gasteiger partial charge in [-0.3, -0.25) is 4.79 Å². The van der Waals surface area contributed by atoms with Crippen molar-refractivity contribution in [1.29, 1.82) is 0 Å². The highest BCUT2D eigenvalue weighted by Crippen LogP contribution is 2.27. The number of fused-ring (bicyclic) bond motifs is 1. The molecular weight excluding hydrogens is 330 g/mol. The number of benzene rings is 2. The number of aryl methyl sites for hydroxylation is 1. The average molecular weight is 346 g/mol. The van der Waals surface area contributed by atoms with Crippen LogP contribution < -0.4 is 9.64 Å². The summed E-state index contributed by atoms with van der Waals surface area (Å²) in [6.07, 6.45) is 2.03. The van der Waals surface area contributed by atoms with E-state index in [-0.39, 0.29) is 12.5 Å². The second-order valence-electron chi connectivity index (χ2n) is 5.02. The number of rotatable bonds is 3. The summed E-state index contributed by atoms with van der Waals surface area (Å²) in [6.45, 7) is 0.822. The number of para-hydroxylation sites is 1. The number of carbonyl (C=O) groups excluding carboxylic acids is 1. The quantitative estimate of drug-likeness (QED) is 0.846. The van der Waals surface area contributed by atoms with Gasteiger partial charge in [-0.2, -0.15) is 0 Å². The standard InChI is InChI=1S/C17H16BrNO2/c18-14-7-3-8-15(11-14)21-12-17(20)19-10-4-6-13-5-1-2-9-16(13)19/h1-3,5,7-9,11H,4,6,10,12H2. The molecule has 21 heavy (non-hydrogen) atoms. The van der Waals surface area contributed by atoms with Gasteiger partial charge in [-0.1, -0.05) is 40.2 Å². The molecule has 0 atom stereocenters. The van der Waals surface area contributed by atoms with Gasteiger partial charge in [-0.15, -0.1) is 0 Å². The van der Waals surface area contributed by atoms with Gasteiger partial charge in [-0.05, 0) is 42.7 Å². The number of ether oxygens (including phenoxy) is 1. The second-order valence-corrected chi connectivity index (χ2v) is 5.94. The highest BCUT2D eigenvalue weighted by Gasteiger charge is 2.22. The van der Waals surface area contributed by atoms with Gasteiger partial charge < -0.3 is 9.64 Å². The van der Waals surface area contributed by atoms with Gasteiger partial charge in [0.1, 0.15) is 5.75 Å². The van der Waals surface area contributed by atoms with E-state index < -0.39 is 0 Å². The van der Waals surface area contributed by atoms with Crippen LogP contribution in [-0.4, -0.2) is 19.1 Å². The van der Waals surface area contributed by atoms with E-state index in [9.17, 15) is 4.79 Å². The Bertz CT molecular complexity index is 657. The SMILES string of the molecule is O=C(COc1cccc(Br)c1)N1CCCc2ccccc21. The van der Waals surface area contributed by atoms with E-state index in [0.717, 1.165) is 29.5 Å². The average Bonchev–Trinajstić information content (AvgIpc) is 2.52. The summed E-state index contributed by atoms with van der Waals surface area (Å²) in [4.78, 5) is 14.2. The zero-order valence-electron chi connectivity index (χ0n) is 11.6. The first-order chi connectivity index (χ1) is 10.2. The topological polar surface area (TPSA) is 29.5 Å². The van der Waals surface area contributed by atoms with Gasteiger partial charge in [0.2, 0.25) is 0 Å². The molecule has 1 amide bonds. The predicted molar refractivity (Wildman–Crippen MR) is 86.8 cm³/mol. The minimum absolute atomic E-state index is 0.00197. The largest absolute Gasteiger partial charge is 0.484 e. The fraction of sp³-hybridized carbons (Fsp3) is 0.235. The van der Waals surface area contributed by atoms with Crippen LogP contribution in [0, 0.1) is 0 Å². The molecule has 0 radical (unpaired) electrons. The number of anilines is 1. The second kappa shape index (κ2) is 6.31. The predicted octanol–water partition coefficient (Wildman–Crippen LogP) is 3.81. The molecule has 3 nitrogen and oxygen atoms in total. The van der Waals surface area contributed by atoms with E-state index in [0.29, 0.717) is 5.75 Å². The monoisotopic (exact) mass is 345 g/mol. The Morgan fingerprint density at radius 3 is 2.90 bits per heavy atom. The molecule has 4 heteroatoms. The molecule has 0 unspecified atom stereocenters. The zero-order chi connectivity index (χ0) is 14.7. The summed E-state index contributed by atoms with van der Waals surface area (Å²) >= 11 is 3.39. The van der Waals surface area contributed by atoms with Crippen LogP contribution in [-0.2, 0) is 11.2 Å². The molecule has 3 rings (SSSR count). The molecule has 0 aliphatic carbocycles. The lowest BCUT2D eigenvalue weighted by Gasteiger charge is -2.29. The van der Waals surface area contributed by atoms with Crippen molar-refractivity contribution in [3.8, 4) is 5.75 Å². The number of hydrogen-bond acceptors (Lipinski definition) is 2. The summed E-state index contributed by atoms with van der Waals surface area (Å²) in [5.41, 5.74) is 2.26. The molecule has 0 saturated heterocycles. The lowest BCUT2D eigenvalue weighted by Crippen LogP contribution is -2.38. The van der Waals surface area contributed by atoms with Gasteiger partial charge in [0, 0.05) is 16.7 Å². The number of hydrogen-bond donors (Lipinski definition) is 0. The van der Waals surface area contributed by atoms with Crippen molar-refractivity contribution in [2.45, 2.75) is 12.8 Å². The van der Waals surface area contributed by atoms with Crippen LogP contribution in [0.4, 0.5) is 5.69 Å².